The third-order valence-corrected chi connectivity index (χ3v) is 5.34. The van der Waals surface area contributed by atoms with Gasteiger partial charge in [0.25, 0.3) is 0 Å². The average molecular weight is 480 g/mol. The van der Waals surface area contributed by atoms with Crippen LogP contribution in [0.4, 0.5) is 17.1 Å². The summed E-state index contributed by atoms with van der Waals surface area (Å²) in [5.41, 5.74) is 3.10. The van der Waals surface area contributed by atoms with Crippen molar-refractivity contribution in [2.24, 2.45) is 0 Å². The first-order valence-corrected chi connectivity index (χ1v) is 11.8. The molecule has 0 unspecified atom stereocenters. The smallest absolute Gasteiger partial charge is 0.243 e. The van der Waals surface area contributed by atoms with Crippen LogP contribution in [0.3, 0.4) is 0 Å². The Morgan fingerprint density at radius 1 is 0.882 bits per heavy atom. The van der Waals surface area contributed by atoms with E-state index in [0.717, 1.165) is 30.7 Å². The SMILES string of the molecule is CCCC(=O)Nc1ccc(Cl)c(NC(=O)CNc2cccc(OCCCc3ccccc3)c2)c1. The van der Waals surface area contributed by atoms with Crippen LogP contribution in [0.25, 0.3) is 0 Å². The van der Waals surface area contributed by atoms with Gasteiger partial charge in [0.05, 0.1) is 23.9 Å². The molecule has 0 fully saturated rings. The zero-order valence-corrected chi connectivity index (χ0v) is 20.0. The predicted octanol–water partition coefficient (Wildman–Crippen LogP) is 6.14. The lowest BCUT2D eigenvalue weighted by atomic mass is 10.1. The van der Waals surface area contributed by atoms with Crippen LogP contribution in [0, 0.1) is 0 Å². The van der Waals surface area contributed by atoms with Crippen LogP contribution < -0.4 is 20.7 Å². The van der Waals surface area contributed by atoms with Crippen LogP contribution >= 0.6 is 11.6 Å². The van der Waals surface area contributed by atoms with Crippen molar-refractivity contribution in [2.75, 3.05) is 29.1 Å². The molecule has 0 radical (unpaired) electrons. The van der Waals surface area contributed by atoms with Crippen molar-refractivity contribution in [2.45, 2.75) is 32.6 Å². The maximum Gasteiger partial charge on any atom is 0.243 e. The van der Waals surface area contributed by atoms with E-state index in [-0.39, 0.29) is 18.4 Å². The first kappa shape index (κ1) is 25.1. The van der Waals surface area contributed by atoms with Gasteiger partial charge < -0.3 is 20.7 Å². The van der Waals surface area contributed by atoms with Crippen LogP contribution in [0.5, 0.6) is 5.75 Å². The van der Waals surface area contributed by atoms with Crippen LogP contribution in [-0.4, -0.2) is 25.0 Å². The van der Waals surface area contributed by atoms with E-state index in [4.69, 9.17) is 16.3 Å². The van der Waals surface area contributed by atoms with Crippen LogP contribution in [0.15, 0.2) is 72.8 Å². The number of aryl methyl sites for hydroxylation is 1. The first-order chi connectivity index (χ1) is 16.5. The Labute approximate surface area is 205 Å². The van der Waals surface area contributed by atoms with Gasteiger partial charge in [0.1, 0.15) is 5.75 Å². The minimum Gasteiger partial charge on any atom is -0.494 e. The van der Waals surface area contributed by atoms with Crippen molar-refractivity contribution in [1.82, 2.24) is 0 Å². The van der Waals surface area contributed by atoms with Crippen molar-refractivity contribution in [1.29, 1.82) is 0 Å². The number of carbonyl (C=O) groups is 2. The summed E-state index contributed by atoms with van der Waals surface area (Å²) in [5.74, 6) is 0.413. The summed E-state index contributed by atoms with van der Waals surface area (Å²) in [5, 5.41) is 9.08. The Morgan fingerprint density at radius 3 is 2.50 bits per heavy atom. The average Bonchev–Trinajstić information content (AvgIpc) is 2.84. The molecule has 6 nitrogen and oxygen atoms in total. The number of hydrogen-bond donors (Lipinski definition) is 3. The van der Waals surface area contributed by atoms with E-state index in [2.05, 4.69) is 28.1 Å². The lowest BCUT2D eigenvalue weighted by Crippen LogP contribution is -2.22. The van der Waals surface area contributed by atoms with Crippen molar-refractivity contribution >= 4 is 40.5 Å². The summed E-state index contributed by atoms with van der Waals surface area (Å²) in [6.07, 6.45) is 3.08. The third kappa shape index (κ3) is 8.45. The fraction of sp³-hybridized carbons (Fsp3) is 0.259. The highest BCUT2D eigenvalue weighted by molar-refractivity contribution is 6.33. The molecule has 0 saturated heterocycles. The number of anilines is 3. The maximum atomic E-state index is 12.5. The number of amides is 2. The summed E-state index contributed by atoms with van der Waals surface area (Å²) in [4.78, 5) is 24.3. The number of benzene rings is 3. The minimum absolute atomic E-state index is 0.0558. The molecular weight excluding hydrogens is 450 g/mol. The molecule has 0 aliphatic heterocycles. The first-order valence-electron chi connectivity index (χ1n) is 11.4. The van der Waals surface area contributed by atoms with Crippen molar-refractivity contribution < 1.29 is 14.3 Å². The highest BCUT2D eigenvalue weighted by atomic mass is 35.5. The van der Waals surface area contributed by atoms with E-state index in [1.165, 1.54) is 5.56 Å². The summed E-state index contributed by atoms with van der Waals surface area (Å²) in [7, 11) is 0. The van der Waals surface area contributed by atoms with E-state index in [0.29, 0.717) is 29.4 Å². The zero-order chi connectivity index (χ0) is 24.2. The maximum absolute atomic E-state index is 12.5. The Morgan fingerprint density at radius 2 is 1.71 bits per heavy atom. The molecular formula is C27H30ClN3O3. The third-order valence-electron chi connectivity index (χ3n) is 5.01. The van der Waals surface area contributed by atoms with E-state index in [9.17, 15) is 9.59 Å². The van der Waals surface area contributed by atoms with Gasteiger partial charge >= 0.3 is 0 Å². The summed E-state index contributed by atoms with van der Waals surface area (Å²) in [6.45, 7) is 2.61. The van der Waals surface area contributed by atoms with Crippen LogP contribution in [0.2, 0.25) is 5.02 Å². The lowest BCUT2D eigenvalue weighted by molar-refractivity contribution is -0.116. The molecule has 3 aromatic carbocycles. The summed E-state index contributed by atoms with van der Waals surface area (Å²) >= 11 is 6.21. The van der Waals surface area contributed by atoms with E-state index >= 15 is 0 Å². The molecule has 3 aromatic rings. The molecule has 0 bridgehead atoms. The molecule has 3 rings (SSSR count). The number of rotatable bonds is 12. The minimum atomic E-state index is -0.256. The molecule has 178 valence electrons. The van der Waals surface area contributed by atoms with Crippen molar-refractivity contribution in [3.05, 3.63) is 83.4 Å². The zero-order valence-electron chi connectivity index (χ0n) is 19.3. The van der Waals surface area contributed by atoms with Gasteiger partial charge in [0.2, 0.25) is 11.8 Å². The molecule has 7 heteroatoms. The van der Waals surface area contributed by atoms with Gasteiger partial charge in [-0.2, -0.15) is 0 Å². The molecule has 0 aliphatic rings. The molecule has 0 aromatic heterocycles. The standard InChI is InChI=1S/C27H30ClN3O3/c1-2-8-26(32)30-22-14-15-24(28)25(18-22)31-27(33)19-29-21-12-6-13-23(17-21)34-16-7-11-20-9-4-3-5-10-20/h3-6,9-10,12-15,17-18,29H,2,7-8,11,16,19H2,1H3,(H,30,32)(H,31,33). The molecule has 2 amide bonds. The monoisotopic (exact) mass is 479 g/mol. The largest absolute Gasteiger partial charge is 0.494 e. The fourth-order valence-electron chi connectivity index (χ4n) is 3.33. The summed E-state index contributed by atoms with van der Waals surface area (Å²) in [6, 6.07) is 22.8. The number of halogens is 1. The van der Waals surface area contributed by atoms with Gasteiger partial charge in [-0.15, -0.1) is 0 Å². The molecule has 34 heavy (non-hydrogen) atoms. The second kappa shape index (κ2) is 13.3. The van der Waals surface area contributed by atoms with E-state index < -0.39 is 0 Å². The molecule has 0 saturated carbocycles. The quantitative estimate of drug-likeness (QED) is 0.272. The van der Waals surface area contributed by atoms with Gasteiger partial charge in [-0.3, -0.25) is 9.59 Å². The number of hydrogen-bond acceptors (Lipinski definition) is 4. The van der Waals surface area contributed by atoms with Crippen LogP contribution in [0.1, 0.15) is 31.7 Å². The second-order valence-corrected chi connectivity index (χ2v) is 8.27. The van der Waals surface area contributed by atoms with Crippen molar-refractivity contribution in [3.63, 3.8) is 0 Å². The number of ether oxygens (including phenoxy) is 1. The number of carbonyl (C=O) groups excluding carboxylic acids is 2. The van der Waals surface area contributed by atoms with Gasteiger partial charge in [-0.25, -0.2) is 0 Å². The fourth-order valence-corrected chi connectivity index (χ4v) is 3.50. The van der Waals surface area contributed by atoms with Gasteiger partial charge in [-0.05, 0) is 55.2 Å². The number of nitrogens with one attached hydrogen (secondary N) is 3. The Kier molecular flexibility index (Phi) is 9.80. The lowest BCUT2D eigenvalue weighted by Gasteiger charge is -2.12. The predicted molar refractivity (Wildman–Crippen MR) is 139 cm³/mol. The van der Waals surface area contributed by atoms with Gasteiger partial charge in [0.15, 0.2) is 0 Å². The summed E-state index contributed by atoms with van der Waals surface area (Å²) < 4.78 is 5.86. The van der Waals surface area contributed by atoms with Gasteiger partial charge in [0, 0.05) is 23.9 Å². The Hall–Kier alpha value is -3.51. The second-order valence-electron chi connectivity index (χ2n) is 7.86. The highest BCUT2D eigenvalue weighted by Gasteiger charge is 2.09. The van der Waals surface area contributed by atoms with E-state index in [1.807, 2.05) is 49.4 Å². The molecule has 3 N–H and O–H groups in total. The molecule has 0 atom stereocenters. The Balaban J connectivity index is 1.46. The van der Waals surface area contributed by atoms with Crippen LogP contribution in [-0.2, 0) is 16.0 Å². The topological polar surface area (TPSA) is 79.5 Å². The highest BCUT2D eigenvalue weighted by Crippen LogP contribution is 2.26. The normalized spacial score (nSPS) is 10.4. The van der Waals surface area contributed by atoms with Crippen molar-refractivity contribution in [3.8, 4) is 5.75 Å². The van der Waals surface area contributed by atoms with E-state index in [1.54, 1.807) is 18.2 Å². The Bertz CT molecular complexity index is 1090. The molecule has 0 heterocycles. The molecule has 0 spiro atoms. The molecule has 0 aliphatic carbocycles. The van der Waals surface area contributed by atoms with Gasteiger partial charge in [-0.1, -0.05) is 54.9 Å².